The van der Waals surface area contributed by atoms with Crippen molar-refractivity contribution in [1.29, 1.82) is 5.26 Å². The zero-order chi connectivity index (χ0) is 20.9. The molecule has 0 atom stereocenters. The average molecular weight is 458 g/mol. The summed E-state index contributed by atoms with van der Waals surface area (Å²) in [6.45, 7) is 0.380. The van der Waals surface area contributed by atoms with E-state index in [0.29, 0.717) is 17.9 Å². The third kappa shape index (κ3) is 4.27. The molecule has 0 spiro atoms. The van der Waals surface area contributed by atoms with E-state index in [-0.39, 0.29) is 11.1 Å². The topological polar surface area (TPSA) is 33.0 Å². The van der Waals surface area contributed by atoms with Crippen molar-refractivity contribution in [3.05, 3.63) is 112 Å². The van der Waals surface area contributed by atoms with Crippen molar-refractivity contribution in [3.8, 4) is 11.8 Å². The van der Waals surface area contributed by atoms with E-state index < -0.39 is 5.82 Å². The Hall–Kier alpha value is -3.42. The molecule has 4 aromatic rings. The molecule has 0 aliphatic heterocycles. The second-order valence-corrected chi connectivity index (χ2v) is 7.67. The first kappa shape index (κ1) is 19.9. The van der Waals surface area contributed by atoms with Crippen LogP contribution in [0.5, 0.6) is 5.75 Å². The van der Waals surface area contributed by atoms with Crippen LogP contribution in [0.25, 0.3) is 22.4 Å². The summed E-state index contributed by atoms with van der Waals surface area (Å²) in [5, 5.41) is 11.9. The average Bonchev–Trinajstić information content (AvgIpc) is 2.77. The fraction of sp³-hybridized carbons (Fsp3) is 0.0385. The second kappa shape index (κ2) is 8.94. The van der Waals surface area contributed by atoms with Crippen molar-refractivity contribution in [2.24, 2.45) is 0 Å². The van der Waals surface area contributed by atoms with Crippen molar-refractivity contribution in [1.82, 2.24) is 0 Å². The van der Waals surface area contributed by atoms with Gasteiger partial charge in [-0.25, -0.2) is 4.39 Å². The first-order chi connectivity index (χ1) is 14.7. The number of nitriles is 1. The van der Waals surface area contributed by atoms with Gasteiger partial charge in [-0.1, -0.05) is 76.6 Å². The number of halogens is 2. The summed E-state index contributed by atoms with van der Waals surface area (Å²) in [5.41, 5.74) is 2.27. The highest BCUT2D eigenvalue weighted by atomic mass is 79.9. The molecule has 0 aliphatic carbocycles. The molecule has 0 fully saturated rings. The Kier molecular flexibility index (Phi) is 5.92. The maximum atomic E-state index is 14.2. The van der Waals surface area contributed by atoms with Gasteiger partial charge in [-0.15, -0.1) is 0 Å². The summed E-state index contributed by atoms with van der Waals surface area (Å²) in [5.74, 6) is 0.189. The molecule has 146 valence electrons. The number of fused-ring (bicyclic) bond motifs is 1. The predicted molar refractivity (Wildman–Crippen MR) is 122 cm³/mol. The molecule has 0 amide bonds. The van der Waals surface area contributed by atoms with Crippen molar-refractivity contribution in [2.75, 3.05) is 0 Å². The van der Waals surface area contributed by atoms with E-state index in [4.69, 9.17) is 4.74 Å². The third-order valence-corrected chi connectivity index (χ3v) is 5.31. The zero-order valence-corrected chi connectivity index (χ0v) is 17.6. The summed E-state index contributed by atoms with van der Waals surface area (Å²) < 4.78 is 21.2. The number of hydrogen-bond acceptors (Lipinski definition) is 2. The number of benzene rings is 4. The van der Waals surface area contributed by atoms with E-state index >= 15 is 0 Å². The Labute approximate surface area is 183 Å². The summed E-state index contributed by atoms with van der Waals surface area (Å²) >= 11 is 3.47. The Morgan fingerprint density at radius 1 is 0.967 bits per heavy atom. The van der Waals surface area contributed by atoms with Crippen LogP contribution < -0.4 is 4.74 Å². The van der Waals surface area contributed by atoms with E-state index in [1.807, 2.05) is 42.5 Å². The largest absolute Gasteiger partial charge is 0.488 e. The molecule has 4 rings (SSSR count). The van der Waals surface area contributed by atoms with Gasteiger partial charge in [0, 0.05) is 15.6 Å². The number of hydrogen-bond donors (Lipinski definition) is 0. The molecular weight excluding hydrogens is 441 g/mol. The smallest absolute Gasteiger partial charge is 0.131 e. The maximum Gasteiger partial charge on any atom is 0.131 e. The van der Waals surface area contributed by atoms with Crippen molar-refractivity contribution in [3.63, 3.8) is 0 Å². The minimum Gasteiger partial charge on any atom is -0.488 e. The van der Waals surface area contributed by atoms with Crippen LogP contribution in [0.2, 0.25) is 0 Å². The maximum absolute atomic E-state index is 14.2. The van der Waals surface area contributed by atoms with Crippen molar-refractivity contribution in [2.45, 2.75) is 6.61 Å². The van der Waals surface area contributed by atoms with Crippen LogP contribution in [0.3, 0.4) is 0 Å². The molecule has 0 radical (unpaired) electrons. The van der Waals surface area contributed by atoms with Gasteiger partial charge in [-0.05, 0) is 46.7 Å². The molecule has 0 heterocycles. The standard InChI is InChI=1S/C26H17BrFNO/c27-22-12-13-26(30-17-19-8-5-7-18-6-1-2-9-23(18)19)20(15-22)14-21(16-29)24-10-3-4-11-25(24)28/h1-15H,17H2. The monoisotopic (exact) mass is 457 g/mol. The minimum atomic E-state index is -0.432. The quantitative estimate of drug-likeness (QED) is 0.231. The first-order valence-corrected chi connectivity index (χ1v) is 10.2. The van der Waals surface area contributed by atoms with Crippen LogP contribution >= 0.6 is 15.9 Å². The molecule has 4 aromatic carbocycles. The van der Waals surface area contributed by atoms with Gasteiger partial charge in [-0.3, -0.25) is 0 Å². The molecule has 0 unspecified atom stereocenters. The number of nitrogens with zero attached hydrogens (tertiary/aromatic N) is 1. The van der Waals surface area contributed by atoms with Crippen molar-refractivity contribution < 1.29 is 9.13 Å². The van der Waals surface area contributed by atoms with Gasteiger partial charge in [0.1, 0.15) is 18.2 Å². The molecule has 0 aromatic heterocycles. The molecule has 0 N–H and O–H groups in total. The van der Waals surface area contributed by atoms with Gasteiger partial charge in [0.15, 0.2) is 0 Å². The highest BCUT2D eigenvalue weighted by Crippen LogP contribution is 2.30. The van der Waals surface area contributed by atoms with Gasteiger partial charge < -0.3 is 4.74 Å². The van der Waals surface area contributed by atoms with Crippen molar-refractivity contribution >= 4 is 38.4 Å². The SMILES string of the molecule is N#CC(=Cc1cc(Br)ccc1OCc1cccc2ccccc12)c1ccccc1F. The molecule has 0 aliphatic rings. The molecular formula is C26H17BrFNO. The van der Waals surface area contributed by atoms with Gasteiger partial charge in [0.05, 0.1) is 11.6 Å². The minimum absolute atomic E-state index is 0.237. The second-order valence-electron chi connectivity index (χ2n) is 6.76. The number of ether oxygens (including phenoxy) is 1. The van der Waals surface area contributed by atoms with E-state index in [1.165, 1.54) is 6.07 Å². The summed E-state index contributed by atoms with van der Waals surface area (Å²) in [6, 6.07) is 28.2. The van der Waals surface area contributed by atoms with Crippen LogP contribution in [-0.2, 0) is 6.61 Å². The summed E-state index contributed by atoms with van der Waals surface area (Å²) in [6.07, 6.45) is 1.65. The Bertz CT molecular complexity index is 1280. The molecule has 4 heteroatoms. The first-order valence-electron chi connectivity index (χ1n) is 9.41. The van der Waals surface area contributed by atoms with Gasteiger partial charge in [0.2, 0.25) is 0 Å². The third-order valence-electron chi connectivity index (χ3n) is 4.82. The molecule has 30 heavy (non-hydrogen) atoms. The lowest BCUT2D eigenvalue weighted by molar-refractivity contribution is 0.307. The predicted octanol–water partition coefficient (Wildman–Crippen LogP) is 7.38. The summed E-state index contributed by atoms with van der Waals surface area (Å²) in [7, 11) is 0. The highest BCUT2D eigenvalue weighted by molar-refractivity contribution is 9.10. The Morgan fingerprint density at radius 3 is 2.57 bits per heavy atom. The summed E-state index contributed by atoms with van der Waals surface area (Å²) in [4.78, 5) is 0. The molecule has 0 saturated heterocycles. The fourth-order valence-corrected chi connectivity index (χ4v) is 3.72. The lowest BCUT2D eigenvalue weighted by atomic mass is 10.0. The Morgan fingerprint density at radius 2 is 1.73 bits per heavy atom. The number of allylic oxidation sites excluding steroid dienone is 1. The molecule has 0 saturated carbocycles. The van der Waals surface area contributed by atoms with Gasteiger partial charge >= 0.3 is 0 Å². The van der Waals surface area contributed by atoms with E-state index in [2.05, 4.69) is 40.2 Å². The Balaban J connectivity index is 1.69. The van der Waals surface area contributed by atoms with Gasteiger partial charge in [-0.2, -0.15) is 5.26 Å². The fourth-order valence-electron chi connectivity index (χ4n) is 3.34. The van der Waals surface area contributed by atoms with Crippen LogP contribution in [0.4, 0.5) is 4.39 Å². The van der Waals surface area contributed by atoms with E-state index in [9.17, 15) is 9.65 Å². The molecule has 2 nitrogen and oxygen atoms in total. The van der Waals surface area contributed by atoms with Crippen LogP contribution in [0, 0.1) is 17.1 Å². The zero-order valence-electron chi connectivity index (χ0n) is 16.0. The lowest BCUT2D eigenvalue weighted by Gasteiger charge is -2.12. The molecule has 0 bridgehead atoms. The van der Waals surface area contributed by atoms with Crippen LogP contribution in [-0.4, -0.2) is 0 Å². The normalized spacial score (nSPS) is 11.3. The van der Waals surface area contributed by atoms with E-state index in [0.717, 1.165) is 20.8 Å². The van der Waals surface area contributed by atoms with Gasteiger partial charge in [0.25, 0.3) is 0 Å². The highest BCUT2D eigenvalue weighted by Gasteiger charge is 2.10. The lowest BCUT2D eigenvalue weighted by Crippen LogP contribution is -1.98. The van der Waals surface area contributed by atoms with E-state index in [1.54, 1.807) is 24.3 Å². The number of rotatable bonds is 5. The van der Waals surface area contributed by atoms with Crippen LogP contribution in [0.1, 0.15) is 16.7 Å². The van der Waals surface area contributed by atoms with Crippen LogP contribution in [0.15, 0.2) is 89.4 Å².